The van der Waals surface area contributed by atoms with Gasteiger partial charge in [-0.25, -0.2) is 0 Å². The van der Waals surface area contributed by atoms with E-state index in [2.05, 4.69) is 17.4 Å². The minimum absolute atomic E-state index is 0.629. The number of nitrogens with one attached hydrogen (secondary N) is 1. The molecule has 0 saturated carbocycles. The van der Waals surface area contributed by atoms with Crippen LogP contribution in [0.3, 0.4) is 0 Å². The van der Waals surface area contributed by atoms with Crippen molar-refractivity contribution >= 4 is 0 Å². The molecule has 0 spiro atoms. The summed E-state index contributed by atoms with van der Waals surface area (Å²) in [4.78, 5) is 0. The van der Waals surface area contributed by atoms with Crippen molar-refractivity contribution in [2.75, 3.05) is 26.3 Å². The lowest BCUT2D eigenvalue weighted by molar-refractivity contribution is 0.171. The molecular formula is C13H17NO2. The van der Waals surface area contributed by atoms with Crippen LogP contribution in [0, 0.1) is 0 Å². The topological polar surface area (TPSA) is 30.5 Å². The third kappa shape index (κ3) is 1.87. The Hall–Kier alpha value is -1.22. The maximum atomic E-state index is 5.61. The van der Waals surface area contributed by atoms with Gasteiger partial charge in [-0.3, -0.25) is 0 Å². The van der Waals surface area contributed by atoms with Gasteiger partial charge < -0.3 is 14.8 Å². The highest BCUT2D eigenvalue weighted by Gasteiger charge is 2.18. The Balaban J connectivity index is 1.84. The van der Waals surface area contributed by atoms with Gasteiger partial charge in [0.1, 0.15) is 13.2 Å². The van der Waals surface area contributed by atoms with Crippen LogP contribution in [0.5, 0.6) is 11.5 Å². The summed E-state index contributed by atoms with van der Waals surface area (Å²) in [5, 5.41) is 3.44. The molecule has 1 unspecified atom stereocenters. The summed E-state index contributed by atoms with van der Waals surface area (Å²) < 4.78 is 11.1. The van der Waals surface area contributed by atoms with Gasteiger partial charge in [0.15, 0.2) is 11.5 Å². The Bertz CT molecular complexity index is 372. The molecule has 1 aromatic rings. The standard InChI is InChI=1S/C13H17NO2/c1-2-11(9-14-5-1)10-3-4-12-13(8-10)16-7-6-15-12/h3-4,8,11,14H,1-2,5-7,9H2. The van der Waals surface area contributed by atoms with E-state index >= 15 is 0 Å². The Kier molecular flexibility index (Phi) is 2.70. The lowest BCUT2D eigenvalue weighted by atomic mass is 9.91. The zero-order valence-corrected chi connectivity index (χ0v) is 9.37. The van der Waals surface area contributed by atoms with Crippen LogP contribution in [0.15, 0.2) is 18.2 Å². The van der Waals surface area contributed by atoms with E-state index in [4.69, 9.17) is 9.47 Å². The number of hydrogen-bond acceptors (Lipinski definition) is 3. The maximum Gasteiger partial charge on any atom is 0.161 e. The summed E-state index contributed by atoms with van der Waals surface area (Å²) in [6.45, 7) is 3.57. The van der Waals surface area contributed by atoms with Crippen molar-refractivity contribution in [3.63, 3.8) is 0 Å². The molecule has 2 aliphatic heterocycles. The number of hydrogen-bond donors (Lipinski definition) is 1. The monoisotopic (exact) mass is 219 g/mol. The predicted molar refractivity (Wildman–Crippen MR) is 62.3 cm³/mol. The molecule has 86 valence electrons. The van der Waals surface area contributed by atoms with Crippen molar-refractivity contribution in [2.45, 2.75) is 18.8 Å². The molecule has 3 rings (SSSR count). The van der Waals surface area contributed by atoms with Crippen LogP contribution < -0.4 is 14.8 Å². The first-order valence-electron chi connectivity index (χ1n) is 6.04. The van der Waals surface area contributed by atoms with E-state index < -0.39 is 0 Å². The minimum atomic E-state index is 0.629. The Labute approximate surface area is 95.8 Å². The fourth-order valence-electron chi connectivity index (χ4n) is 2.45. The van der Waals surface area contributed by atoms with Gasteiger partial charge in [0.25, 0.3) is 0 Å². The second kappa shape index (κ2) is 4.34. The first-order valence-corrected chi connectivity index (χ1v) is 6.04. The van der Waals surface area contributed by atoms with Gasteiger partial charge in [-0.15, -0.1) is 0 Å². The van der Waals surface area contributed by atoms with Crippen LogP contribution in [-0.4, -0.2) is 26.3 Å². The number of ether oxygens (including phenoxy) is 2. The highest BCUT2D eigenvalue weighted by atomic mass is 16.6. The average Bonchev–Trinajstić information content (AvgIpc) is 2.39. The third-order valence-corrected chi connectivity index (χ3v) is 3.33. The smallest absolute Gasteiger partial charge is 0.161 e. The molecule has 2 heterocycles. The molecule has 1 fully saturated rings. The largest absolute Gasteiger partial charge is 0.486 e. The van der Waals surface area contributed by atoms with Crippen molar-refractivity contribution in [3.8, 4) is 11.5 Å². The average molecular weight is 219 g/mol. The first-order chi connectivity index (χ1) is 7.93. The quantitative estimate of drug-likeness (QED) is 0.782. The summed E-state index contributed by atoms with van der Waals surface area (Å²) in [6, 6.07) is 6.36. The third-order valence-electron chi connectivity index (χ3n) is 3.33. The van der Waals surface area contributed by atoms with Gasteiger partial charge in [0.2, 0.25) is 0 Å². The molecule has 16 heavy (non-hydrogen) atoms. The van der Waals surface area contributed by atoms with E-state index in [-0.39, 0.29) is 0 Å². The summed E-state index contributed by atoms with van der Waals surface area (Å²) >= 11 is 0. The molecule has 0 aromatic heterocycles. The zero-order chi connectivity index (χ0) is 10.8. The van der Waals surface area contributed by atoms with E-state index in [1.54, 1.807) is 0 Å². The molecule has 0 radical (unpaired) electrons. The molecular weight excluding hydrogens is 202 g/mol. The molecule has 1 N–H and O–H groups in total. The highest BCUT2D eigenvalue weighted by Crippen LogP contribution is 2.34. The molecule has 2 aliphatic rings. The van der Waals surface area contributed by atoms with E-state index in [1.165, 1.54) is 18.4 Å². The summed E-state index contributed by atoms with van der Waals surface area (Å²) in [6.07, 6.45) is 2.53. The lowest BCUT2D eigenvalue weighted by Crippen LogP contribution is -2.28. The molecule has 0 bridgehead atoms. The van der Waals surface area contributed by atoms with Crippen LogP contribution in [0.1, 0.15) is 24.3 Å². The minimum Gasteiger partial charge on any atom is -0.486 e. The van der Waals surface area contributed by atoms with Crippen molar-refractivity contribution in [1.29, 1.82) is 0 Å². The van der Waals surface area contributed by atoms with Crippen molar-refractivity contribution in [1.82, 2.24) is 5.32 Å². The van der Waals surface area contributed by atoms with Gasteiger partial charge in [0.05, 0.1) is 0 Å². The highest BCUT2D eigenvalue weighted by molar-refractivity contribution is 5.44. The second-order valence-electron chi connectivity index (χ2n) is 4.45. The second-order valence-corrected chi connectivity index (χ2v) is 4.45. The zero-order valence-electron chi connectivity index (χ0n) is 9.37. The van der Waals surface area contributed by atoms with Gasteiger partial charge in [-0.2, -0.15) is 0 Å². The molecule has 0 amide bonds. The molecule has 1 saturated heterocycles. The number of benzene rings is 1. The SMILES string of the molecule is c1cc2c(cc1C1CCCNC1)OCCO2. The number of fused-ring (bicyclic) bond motifs is 1. The van der Waals surface area contributed by atoms with Crippen molar-refractivity contribution in [3.05, 3.63) is 23.8 Å². The van der Waals surface area contributed by atoms with E-state index in [9.17, 15) is 0 Å². The molecule has 1 aromatic carbocycles. The normalized spacial score (nSPS) is 24.1. The van der Waals surface area contributed by atoms with Crippen molar-refractivity contribution < 1.29 is 9.47 Å². The van der Waals surface area contributed by atoms with Gasteiger partial charge in [-0.1, -0.05) is 6.07 Å². The van der Waals surface area contributed by atoms with Gasteiger partial charge in [-0.05, 0) is 43.0 Å². The van der Waals surface area contributed by atoms with Crippen LogP contribution in [-0.2, 0) is 0 Å². The Morgan fingerprint density at radius 1 is 1.12 bits per heavy atom. The molecule has 3 heteroatoms. The molecule has 3 nitrogen and oxygen atoms in total. The number of rotatable bonds is 1. The summed E-state index contributed by atoms with van der Waals surface area (Å²) in [5.74, 6) is 2.43. The maximum absolute atomic E-state index is 5.61. The van der Waals surface area contributed by atoms with E-state index in [0.717, 1.165) is 24.6 Å². The van der Waals surface area contributed by atoms with Crippen LogP contribution in [0.4, 0.5) is 0 Å². The fraction of sp³-hybridized carbons (Fsp3) is 0.538. The lowest BCUT2D eigenvalue weighted by Gasteiger charge is -2.25. The van der Waals surface area contributed by atoms with Crippen LogP contribution in [0.25, 0.3) is 0 Å². The Morgan fingerprint density at radius 2 is 2.00 bits per heavy atom. The summed E-state index contributed by atoms with van der Waals surface area (Å²) in [5.41, 5.74) is 1.37. The van der Waals surface area contributed by atoms with Crippen molar-refractivity contribution in [2.24, 2.45) is 0 Å². The van der Waals surface area contributed by atoms with E-state index in [0.29, 0.717) is 19.1 Å². The van der Waals surface area contributed by atoms with E-state index in [1.807, 2.05) is 6.07 Å². The van der Waals surface area contributed by atoms with Crippen LogP contribution in [0.2, 0.25) is 0 Å². The first kappa shape index (κ1) is 9.97. The van der Waals surface area contributed by atoms with Gasteiger partial charge >= 0.3 is 0 Å². The number of piperidine rings is 1. The van der Waals surface area contributed by atoms with Gasteiger partial charge in [0, 0.05) is 6.54 Å². The summed E-state index contributed by atoms with van der Waals surface area (Å²) in [7, 11) is 0. The molecule has 1 atom stereocenters. The Morgan fingerprint density at radius 3 is 2.81 bits per heavy atom. The van der Waals surface area contributed by atoms with Crippen LogP contribution >= 0.6 is 0 Å². The fourth-order valence-corrected chi connectivity index (χ4v) is 2.45. The predicted octanol–water partition coefficient (Wildman–Crippen LogP) is 1.92. The molecule has 0 aliphatic carbocycles.